The molecule has 0 saturated carbocycles. The van der Waals surface area contributed by atoms with Gasteiger partial charge in [0.25, 0.3) is 5.91 Å². The second-order valence-electron chi connectivity index (χ2n) is 9.25. The number of benzene rings is 4. The summed E-state index contributed by atoms with van der Waals surface area (Å²) in [6, 6.07) is 22.2. The van der Waals surface area contributed by atoms with Gasteiger partial charge in [-0.1, -0.05) is 57.9 Å². The van der Waals surface area contributed by atoms with Gasteiger partial charge in [0.1, 0.15) is 11.4 Å². The maximum absolute atomic E-state index is 13.4. The highest BCUT2D eigenvalue weighted by atomic mass is 79.9. The van der Waals surface area contributed by atoms with E-state index in [1.807, 2.05) is 36.4 Å². The third kappa shape index (κ3) is 6.70. The van der Waals surface area contributed by atoms with Crippen molar-refractivity contribution in [1.29, 1.82) is 0 Å². The number of amides is 1. The predicted octanol–water partition coefficient (Wildman–Crippen LogP) is 7.93. The molecule has 0 spiro atoms. The van der Waals surface area contributed by atoms with E-state index in [4.69, 9.17) is 25.8 Å². The number of aromatic nitrogens is 1. The summed E-state index contributed by atoms with van der Waals surface area (Å²) in [6.45, 7) is 1.26. The zero-order valence-corrected chi connectivity index (χ0v) is 27.0. The number of H-pyrrole nitrogens is 1. The molecule has 0 atom stereocenters. The van der Waals surface area contributed by atoms with Crippen molar-refractivity contribution in [3.8, 4) is 28.4 Å². The number of ether oxygens (including phenoxy) is 3. The number of methoxy groups -OCH3 is 1. The molecule has 44 heavy (non-hydrogen) atoms. The molecule has 0 saturated heterocycles. The lowest BCUT2D eigenvalue weighted by Crippen LogP contribution is -2.19. The first-order valence-electron chi connectivity index (χ1n) is 12.9. The van der Waals surface area contributed by atoms with Crippen LogP contribution in [-0.2, 0) is 4.79 Å². The number of hydrogen-bond acceptors (Lipinski definition) is 7. The second-order valence-corrected chi connectivity index (χ2v) is 11.4. The van der Waals surface area contributed by atoms with E-state index < -0.39 is 17.8 Å². The lowest BCUT2D eigenvalue weighted by molar-refractivity contribution is -0.132. The minimum absolute atomic E-state index is 0.161. The molecular formula is C32H22Br2ClN3O6. The summed E-state index contributed by atoms with van der Waals surface area (Å²) in [7, 11) is 1.39. The van der Waals surface area contributed by atoms with Gasteiger partial charge >= 0.3 is 11.9 Å². The molecule has 12 heteroatoms. The minimum atomic E-state index is -0.688. The van der Waals surface area contributed by atoms with Crippen LogP contribution in [0.1, 0.15) is 33.3 Å². The lowest BCUT2D eigenvalue weighted by Gasteiger charge is -2.11. The van der Waals surface area contributed by atoms with Crippen LogP contribution in [0, 0.1) is 0 Å². The molecule has 0 aliphatic carbocycles. The van der Waals surface area contributed by atoms with Crippen LogP contribution in [0.15, 0.2) is 92.9 Å². The van der Waals surface area contributed by atoms with Gasteiger partial charge in [-0.2, -0.15) is 5.10 Å². The normalized spacial score (nSPS) is 11.0. The highest BCUT2D eigenvalue weighted by Crippen LogP contribution is 2.38. The van der Waals surface area contributed by atoms with E-state index in [-0.39, 0.29) is 28.5 Å². The quantitative estimate of drug-likeness (QED) is 0.0723. The fourth-order valence-corrected chi connectivity index (χ4v) is 5.49. The summed E-state index contributed by atoms with van der Waals surface area (Å²) >= 11 is 13.5. The molecule has 0 radical (unpaired) electrons. The fraction of sp³-hybridized carbons (Fsp3) is 0.0625. The fourth-order valence-electron chi connectivity index (χ4n) is 4.42. The van der Waals surface area contributed by atoms with E-state index in [0.717, 1.165) is 15.4 Å². The molecule has 1 amide bonds. The molecular weight excluding hydrogens is 718 g/mol. The Morgan fingerprint density at radius 1 is 0.909 bits per heavy atom. The van der Waals surface area contributed by atoms with Crippen molar-refractivity contribution in [2.45, 2.75) is 6.92 Å². The van der Waals surface area contributed by atoms with Crippen molar-refractivity contribution in [1.82, 2.24) is 10.4 Å². The summed E-state index contributed by atoms with van der Waals surface area (Å²) in [4.78, 5) is 41.0. The predicted molar refractivity (Wildman–Crippen MR) is 175 cm³/mol. The van der Waals surface area contributed by atoms with Crippen molar-refractivity contribution in [3.05, 3.63) is 110 Å². The van der Waals surface area contributed by atoms with Crippen LogP contribution in [0.25, 0.3) is 22.0 Å². The third-order valence-corrected chi connectivity index (χ3v) is 7.83. The Bertz CT molecular complexity index is 1960. The standard InChI is InChI=1S/C32H22Br2ClN3O6/c1-17(39)43-26-12-10-18(15-27(26)42-2)32(41)44-25-13-11-20(33)14-19(25)16-36-38-31(40)30-28(21-6-3-4-9-24(21)35)22-7-5-8-23(34)29(22)37-30/h3-16,37H,1-2H3,(H,38,40). The average Bonchev–Trinajstić information content (AvgIpc) is 3.39. The first kappa shape index (κ1) is 31.0. The van der Waals surface area contributed by atoms with E-state index in [9.17, 15) is 14.4 Å². The van der Waals surface area contributed by atoms with Gasteiger partial charge in [0.05, 0.1) is 24.4 Å². The van der Waals surface area contributed by atoms with Gasteiger partial charge in [-0.05, 0) is 64.5 Å². The molecule has 2 N–H and O–H groups in total. The van der Waals surface area contributed by atoms with Gasteiger partial charge in [-0.25, -0.2) is 10.2 Å². The van der Waals surface area contributed by atoms with Crippen LogP contribution in [0.4, 0.5) is 0 Å². The largest absolute Gasteiger partial charge is 0.493 e. The van der Waals surface area contributed by atoms with Crippen molar-refractivity contribution in [3.63, 3.8) is 0 Å². The van der Waals surface area contributed by atoms with Crippen LogP contribution in [0.2, 0.25) is 5.02 Å². The Kier molecular flexibility index (Phi) is 9.48. The van der Waals surface area contributed by atoms with Crippen LogP contribution in [0.3, 0.4) is 0 Å². The number of carbonyl (C=O) groups is 3. The molecule has 1 aromatic heterocycles. The van der Waals surface area contributed by atoms with Crippen LogP contribution in [-0.4, -0.2) is 36.2 Å². The Hall–Kier alpha value is -4.45. The molecule has 5 rings (SSSR count). The Morgan fingerprint density at radius 3 is 2.43 bits per heavy atom. The number of para-hydroxylation sites is 1. The van der Waals surface area contributed by atoms with Crippen LogP contribution < -0.4 is 19.6 Å². The molecule has 5 aromatic rings. The number of nitrogens with zero attached hydrogens (tertiary/aromatic N) is 1. The second kappa shape index (κ2) is 13.5. The van der Waals surface area contributed by atoms with Crippen LogP contribution >= 0.6 is 43.5 Å². The number of fused-ring (bicyclic) bond motifs is 1. The number of hydrazone groups is 1. The van der Waals surface area contributed by atoms with Gasteiger partial charge in [-0.15, -0.1) is 0 Å². The van der Waals surface area contributed by atoms with Crippen molar-refractivity contribution in [2.75, 3.05) is 7.11 Å². The Balaban J connectivity index is 1.40. The summed E-state index contributed by atoms with van der Waals surface area (Å²) in [6.07, 6.45) is 1.36. The molecule has 0 aliphatic heterocycles. The number of halogens is 3. The van der Waals surface area contributed by atoms with E-state index >= 15 is 0 Å². The number of nitrogens with one attached hydrogen (secondary N) is 2. The Morgan fingerprint density at radius 2 is 1.68 bits per heavy atom. The number of esters is 2. The van der Waals surface area contributed by atoms with E-state index in [1.54, 1.807) is 24.3 Å². The van der Waals surface area contributed by atoms with Gasteiger partial charge in [0.2, 0.25) is 0 Å². The molecule has 0 fully saturated rings. The summed E-state index contributed by atoms with van der Waals surface area (Å²) in [5, 5.41) is 5.44. The number of hydrogen-bond donors (Lipinski definition) is 2. The monoisotopic (exact) mass is 737 g/mol. The van der Waals surface area contributed by atoms with Crippen molar-refractivity contribution >= 4 is 78.4 Å². The summed E-state index contributed by atoms with van der Waals surface area (Å²) in [5.74, 6) is -1.18. The minimum Gasteiger partial charge on any atom is -0.493 e. The van der Waals surface area contributed by atoms with Gasteiger partial charge < -0.3 is 19.2 Å². The smallest absolute Gasteiger partial charge is 0.343 e. The SMILES string of the molecule is COc1cc(C(=O)Oc2ccc(Br)cc2C=NNC(=O)c2[nH]c3c(Br)cccc3c2-c2ccccc2Cl)ccc1OC(C)=O. The maximum atomic E-state index is 13.4. The van der Waals surface area contributed by atoms with E-state index in [0.29, 0.717) is 26.2 Å². The van der Waals surface area contributed by atoms with E-state index in [2.05, 4.69) is 47.4 Å². The van der Waals surface area contributed by atoms with Crippen molar-refractivity contribution < 1.29 is 28.6 Å². The first-order chi connectivity index (χ1) is 21.2. The molecule has 9 nitrogen and oxygen atoms in total. The first-order valence-corrected chi connectivity index (χ1v) is 14.9. The molecule has 0 unspecified atom stereocenters. The highest BCUT2D eigenvalue weighted by molar-refractivity contribution is 9.11. The average molecular weight is 740 g/mol. The van der Waals surface area contributed by atoms with Gasteiger partial charge in [-0.3, -0.25) is 9.59 Å². The zero-order valence-electron chi connectivity index (χ0n) is 23.1. The molecule has 0 bridgehead atoms. The zero-order chi connectivity index (χ0) is 31.4. The summed E-state index contributed by atoms with van der Waals surface area (Å²) < 4.78 is 17.5. The topological polar surface area (TPSA) is 119 Å². The number of aromatic amines is 1. The molecule has 1 heterocycles. The Labute approximate surface area is 273 Å². The summed E-state index contributed by atoms with van der Waals surface area (Å²) in [5.41, 5.74) is 5.44. The van der Waals surface area contributed by atoms with Crippen molar-refractivity contribution in [2.24, 2.45) is 5.10 Å². The van der Waals surface area contributed by atoms with Gasteiger partial charge in [0, 0.05) is 43.0 Å². The molecule has 222 valence electrons. The number of carbonyl (C=O) groups excluding carboxylic acids is 3. The third-order valence-electron chi connectivity index (χ3n) is 6.35. The molecule has 4 aromatic carbocycles. The highest BCUT2D eigenvalue weighted by Gasteiger charge is 2.22. The van der Waals surface area contributed by atoms with Crippen LogP contribution in [0.5, 0.6) is 17.2 Å². The maximum Gasteiger partial charge on any atom is 0.343 e. The number of rotatable bonds is 8. The van der Waals surface area contributed by atoms with E-state index in [1.165, 1.54) is 38.4 Å². The van der Waals surface area contributed by atoms with Gasteiger partial charge in [0.15, 0.2) is 11.5 Å². The lowest BCUT2D eigenvalue weighted by atomic mass is 10.0. The molecule has 0 aliphatic rings.